The monoisotopic (exact) mass is 438 g/mol. The molecule has 0 aliphatic carbocycles. The number of aliphatic hydroxyl groups is 1. The van der Waals surface area contributed by atoms with Crippen LogP contribution < -0.4 is 0 Å². The van der Waals surface area contributed by atoms with Gasteiger partial charge >= 0.3 is 12.4 Å². The van der Waals surface area contributed by atoms with Crippen LogP contribution in [0.25, 0.3) is 0 Å². The molecule has 0 aromatic heterocycles. The van der Waals surface area contributed by atoms with E-state index in [0.717, 1.165) is 44.9 Å². The van der Waals surface area contributed by atoms with Crippen LogP contribution in [-0.2, 0) is 9.47 Å². The molecule has 0 fully saturated rings. The Kier molecular flexibility index (Phi) is 15.0. The Bertz CT molecular complexity index is 387. The van der Waals surface area contributed by atoms with Gasteiger partial charge in [0.2, 0.25) is 0 Å². The van der Waals surface area contributed by atoms with Crippen LogP contribution in [0.4, 0.5) is 26.3 Å². The molecule has 0 spiro atoms. The summed E-state index contributed by atoms with van der Waals surface area (Å²) >= 11 is 0. The maximum atomic E-state index is 13.1. The fraction of sp³-hybridized carbons (Fsp3) is 1.00. The highest BCUT2D eigenvalue weighted by atomic mass is 19.4. The van der Waals surface area contributed by atoms with Gasteiger partial charge in [-0.3, -0.25) is 0 Å². The molecular weight excluding hydrogens is 402 g/mol. The molecule has 0 saturated carbocycles. The normalized spacial score (nSPS) is 16.0. The Labute approximate surface area is 170 Å². The second kappa shape index (κ2) is 15.3. The van der Waals surface area contributed by atoms with E-state index < -0.39 is 37.5 Å². The molecule has 0 aliphatic heterocycles. The molecule has 29 heavy (non-hydrogen) atoms. The van der Waals surface area contributed by atoms with Crippen molar-refractivity contribution in [2.24, 2.45) is 5.92 Å². The van der Waals surface area contributed by atoms with Gasteiger partial charge in [0.1, 0.15) is 0 Å². The highest BCUT2D eigenvalue weighted by Crippen LogP contribution is 2.33. The standard InChI is InChI=1S/C20H36F6O3/c1-3-5-7-9-10-12-14-17(27)29-18(20(24,25)26)28-15-16(19(21,22)23)13-11-8-6-4-2/h16-18,27H,3-15H2,1-2H3. The van der Waals surface area contributed by atoms with Crippen molar-refractivity contribution in [1.29, 1.82) is 0 Å². The Balaban J connectivity index is 4.53. The molecular formula is C20H36F6O3. The highest BCUT2D eigenvalue weighted by Gasteiger charge is 2.46. The summed E-state index contributed by atoms with van der Waals surface area (Å²) in [5, 5.41) is 9.69. The average molecular weight is 438 g/mol. The molecule has 3 unspecified atom stereocenters. The summed E-state index contributed by atoms with van der Waals surface area (Å²) in [6, 6.07) is 0. The molecule has 0 saturated heterocycles. The zero-order valence-corrected chi connectivity index (χ0v) is 17.5. The molecule has 0 aromatic rings. The summed E-state index contributed by atoms with van der Waals surface area (Å²) in [6.07, 6.45) is -6.89. The van der Waals surface area contributed by atoms with Crippen molar-refractivity contribution in [1.82, 2.24) is 0 Å². The third kappa shape index (κ3) is 15.0. The summed E-state index contributed by atoms with van der Waals surface area (Å²) < 4.78 is 87.4. The number of rotatable bonds is 17. The van der Waals surface area contributed by atoms with E-state index >= 15 is 0 Å². The first-order valence-corrected chi connectivity index (χ1v) is 10.6. The predicted molar refractivity (Wildman–Crippen MR) is 99.2 cm³/mol. The van der Waals surface area contributed by atoms with E-state index in [-0.39, 0.29) is 19.3 Å². The lowest BCUT2D eigenvalue weighted by Crippen LogP contribution is -2.40. The first-order valence-electron chi connectivity index (χ1n) is 10.6. The van der Waals surface area contributed by atoms with Gasteiger partial charge in [0, 0.05) is 0 Å². The van der Waals surface area contributed by atoms with Gasteiger partial charge < -0.3 is 14.6 Å². The van der Waals surface area contributed by atoms with Gasteiger partial charge in [-0.25, -0.2) is 0 Å². The molecule has 0 bridgehead atoms. The van der Waals surface area contributed by atoms with E-state index in [9.17, 15) is 31.4 Å². The zero-order valence-electron chi connectivity index (χ0n) is 17.5. The Morgan fingerprint density at radius 3 is 1.69 bits per heavy atom. The Hall–Kier alpha value is -0.540. The molecule has 3 atom stereocenters. The van der Waals surface area contributed by atoms with E-state index in [1.54, 1.807) is 0 Å². The minimum atomic E-state index is -5.03. The maximum Gasteiger partial charge on any atom is 0.440 e. The first-order chi connectivity index (χ1) is 13.5. The quantitative estimate of drug-likeness (QED) is 0.149. The van der Waals surface area contributed by atoms with Crippen LogP contribution in [0.15, 0.2) is 0 Å². The third-order valence-electron chi connectivity index (χ3n) is 4.67. The average Bonchev–Trinajstić information content (AvgIpc) is 2.60. The topological polar surface area (TPSA) is 38.7 Å². The third-order valence-corrected chi connectivity index (χ3v) is 4.67. The summed E-state index contributed by atoms with van der Waals surface area (Å²) in [5.41, 5.74) is 0. The fourth-order valence-corrected chi connectivity index (χ4v) is 2.88. The van der Waals surface area contributed by atoms with E-state index in [1.807, 2.05) is 6.92 Å². The van der Waals surface area contributed by atoms with Crippen molar-refractivity contribution >= 4 is 0 Å². The van der Waals surface area contributed by atoms with Crippen LogP contribution in [0.5, 0.6) is 0 Å². The molecule has 176 valence electrons. The van der Waals surface area contributed by atoms with Crippen molar-refractivity contribution in [3.63, 3.8) is 0 Å². The molecule has 9 heteroatoms. The lowest BCUT2D eigenvalue weighted by atomic mass is 10.0. The van der Waals surface area contributed by atoms with Crippen LogP contribution >= 0.6 is 0 Å². The fourth-order valence-electron chi connectivity index (χ4n) is 2.88. The smallest absolute Gasteiger partial charge is 0.368 e. The number of alkyl halides is 6. The lowest BCUT2D eigenvalue weighted by Gasteiger charge is -2.27. The number of hydrogen-bond acceptors (Lipinski definition) is 3. The molecule has 0 aromatic carbocycles. The number of hydrogen-bond donors (Lipinski definition) is 1. The van der Waals surface area contributed by atoms with Gasteiger partial charge in [-0.15, -0.1) is 0 Å². The molecule has 0 heterocycles. The van der Waals surface area contributed by atoms with Crippen LogP contribution in [0, 0.1) is 5.92 Å². The van der Waals surface area contributed by atoms with E-state index in [2.05, 4.69) is 16.4 Å². The molecule has 0 radical (unpaired) electrons. The SMILES string of the molecule is CCCCCCCCC(O)OC(OCC(CCCCCC)C(F)(F)F)C(F)(F)F. The van der Waals surface area contributed by atoms with E-state index in [4.69, 9.17) is 0 Å². The van der Waals surface area contributed by atoms with Gasteiger partial charge in [0.25, 0.3) is 6.29 Å². The van der Waals surface area contributed by atoms with Gasteiger partial charge in [-0.1, -0.05) is 71.6 Å². The van der Waals surface area contributed by atoms with Crippen molar-refractivity contribution in [3.8, 4) is 0 Å². The second-order valence-electron chi connectivity index (χ2n) is 7.44. The van der Waals surface area contributed by atoms with Crippen molar-refractivity contribution in [2.45, 2.75) is 116 Å². The highest BCUT2D eigenvalue weighted by molar-refractivity contribution is 4.69. The molecule has 0 aliphatic rings. The Morgan fingerprint density at radius 2 is 1.17 bits per heavy atom. The van der Waals surface area contributed by atoms with Gasteiger partial charge in [0.05, 0.1) is 12.5 Å². The van der Waals surface area contributed by atoms with Crippen LogP contribution in [0.3, 0.4) is 0 Å². The molecule has 3 nitrogen and oxygen atoms in total. The van der Waals surface area contributed by atoms with Crippen molar-refractivity contribution < 1.29 is 40.9 Å². The minimum absolute atomic E-state index is 0.0260. The Morgan fingerprint density at radius 1 is 0.690 bits per heavy atom. The van der Waals surface area contributed by atoms with Gasteiger partial charge in [0.15, 0.2) is 6.29 Å². The number of aliphatic hydroxyl groups excluding tert-OH is 1. The molecule has 1 N–H and O–H groups in total. The van der Waals surface area contributed by atoms with Crippen molar-refractivity contribution in [3.05, 3.63) is 0 Å². The summed E-state index contributed by atoms with van der Waals surface area (Å²) in [6.45, 7) is 2.82. The van der Waals surface area contributed by atoms with Crippen LogP contribution in [0.1, 0.15) is 90.9 Å². The number of ether oxygens (including phenoxy) is 2. The maximum absolute atomic E-state index is 13.1. The molecule has 0 rings (SSSR count). The van der Waals surface area contributed by atoms with E-state index in [0.29, 0.717) is 12.8 Å². The van der Waals surface area contributed by atoms with Gasteiger partial charge in [-0.05, 0) is 19.3 Å². The largest absolute Gasteiger partial charge is 0.440 e. The van der Waals surface area contributed by atoms with Crippen LogP contribution in [0.2, 0.25) is 0 Å². The summed E-state index contributed by atoms with van der Waals surface area (Å²) in [5.74, 6) is -2.00. The summed E-state index contributed by atoms with van der Waals surface area (Å²) in [7, 11) is 0. The first kappa shape index (κ1) is 28.5. The van der Waals surface area contributed by atoms with Crippen LogP contribution in [-0.4, -0.2) is 36.6 Å². The minimum Gasteiger partial charge on any atom is -0.368 e. The summed E-state index contributed by atoms with van der Waals surface area (Å²) in [4.78, 5) is 0. The zero-order chi connectivity index (χ0) is 22.3. The lowest BCUT2D eigenvalue weighted by molar-refractivity contribution is -0.350. The number of halogens is 6. The predicted octanol–water partition coefficient (Wildman–Crippen LogP) is 7.13. The van der Waals surface area contributed by atoms with E-state index in [1.165, 1.54) is 0 Å². The second-order valence-corrected chi connectivity index (χ2v) is 7.44. The van der Waals surface area contributed by atoms with Crippen molar-refractivity contribution in [2.75, 3.05) is 6.61 Å². The molecule has 0 amide bonds. The van der Waals surface area contributed by atoms with Gasteiger partial charge in [-0.2, -0.15) is 26.3 Å². The number of unbranched alkanes of at least 4 members (excludes halogenated alkanes) is 8.